The lowest BCUT2D eigenvalue weighted by atomic mass is 9.92. The standard InChI is InChI=1S/C12H19N3/c1-9-6-11(14-8-13-9)15-10-4-5-12(2,3)7-10/h6,8,10H,4-5,7H2,1-3H3,(H,13,14,15). The molecule has 15 heavy (non-hydrogen) atoms. The SMILES string of the molecule is Cc1cc(NC2CCC(C)(C)C2)ncn1. The highest BCUT2D eigenvalue weighted by Gasteiger charge is 2.30. The molecule has 1 fully saturated rings. The summed E-state index contributed by atoms with van der Waals surface area (Å²) in [4.78, 5) is 8.32. The molecule has 1 atom stereocenters. The third-order valence-corrected chi connectivity index (χ3v) is 3.12. The van der Waals surface area contributed by atoms with Crippen molar-refractivity contribution in [2.75, 3.05) is 5.32 Å². The quantitative estimate of drug-likeness (QED) is 0.806. The summed E-state index contributed by atoms with van der Waals surface area (Å²) in [6.07, 6.45) is 5.40. The molecule has 1 aromatic heterocycles. The van der Waals surface area contributed by atoms with Crippen molar-refractivity contribution in [3.63, 3.8) is 0 Å². The molecule has 3 nitrogen and oxygen atoms in total. The first-order chi connectivity index (χ1) is 7.05. The molecule has 1 unspecified atom stereocenters. The summed E-state index contributed by atoms with van der Waals surface area (Å²) in [7, 11) is 0. The van der Waals surface area contributed by atoms with Gasteiger partial charge in [0.05, 0.1) is 0 Å². The minimum absolute atomic E-state index is 0.486. The minimum Gasteiger partial charge on any atom is -0.367 e. The molecular weight excluding hydrogens is 186 g/mol. The second kappa shape index (κ2) is 3.80. The molecule has 1 heterocycles. The van der Waals surface area contributed by atoms with Crippen LogP contribution in [0.2, 0.25) is 0 Å². The van der Waals surface area contributed by atoms with Gasteiger partial charge in [-0.15, -0.1) is 0 Å². The van der Waals surface area contributed by atoms with Crippen LogP contribution in [-0.2, 0) is 0 Å². The Morgan fingerprint density at radius 3 is 2.80 bits per heavy atom. The van der Waals surface area contributed by atoms with Crippen molar-refractivity contribution < 1.29 is 0 Å². The van der Waals surface area contributed by atoms with E-state index in [9.17, 15) is 0 Å². The fourth-order valence-electron chi connectivity index (χ4n) is 2.30. The first-order valence-electron chi connectivity index (χ1n) is 5.60. The second-order valence-electron chi connectivity index (χ2n) is 5.29. The maximum Gasteiger partial charge on any atom is 0.129 e. The lowest BCUT2D eigenvalue weighted by Crippen LogP contribution is -2.18. The van der Waals surface area contributed by atoms with Crippen LogP contribution in [0.15, 0.2) is 12.4 Å². The highest BCUT2D eigenvalue weighted by molar-refractivity contribution is 5.36. The van der Waals surface area contributed by atoms with Gasteiger partial charge < -0.3 is 5.32 Å². The highest BCUT2D eigenvalue weighted by Crippen LogP contribution is 2.37. The third kappa shape index (κ3) is 2.67. The summed E-state index contributed by atoms with van der Waals surface area (Å²) >= 11 is 0. The predicted octanol–water partition coefficient (Wildman–Crippen LogP) is 2.78. The van der Waals surface area contributed by atoms with Crippen LogP contribution in [0.1, 0.15) is 38.8 Å². The van der Waals surface area contributed by atoms with Crippen molar-refractivity contribution in [1.29, 1.82) is 0 Å². The van der Waals surface area contributed by atoms with Gasteiger partial charge in [-0.2, -0.15) is 0 Å². The van der Waals surface area contributed by atoms with Crippen LogP contribution < -0.4 is 5.32 Å². The average Bonchev–Trinajstić information content (AvgIpc) is 2.45. The molecule has 0 amide bonds. The maximum absolute atomic E-state index is 4.23. The molecule has 0 saturated heterocycles. The van der Waals surface area contributed by atoms with Crippen LogP contribution in [-0.4, -0.2) is 16.0 Å². The number of hydrogen-bond acceptors (Lipinski definition) is 3. The Morgan fingerprint density at radius 2 is 2.20 bits per heavy atom. The summed E-state index contributed by atoms with van der Waals surface area (Å²) < 4.78 is 0. The maximum atomic E-state index is 4.23. The molecular formula is C12H19N3. The topological polar surface area (TPSA) is 37.8 Å². The van der Waals surface area contributed by atoms with Crippen LogP contribution in [0.5, 0.6) is 0 Å². The van der Waals surface area contributed by atoms with Crippen LogP contribution in [0.3, 0.4) is 0 Å². The van der Waals surface area contributed by atoms with E-state index in [2.05, 4.69) is 29.1 Å². The van der Waals surface area contributed by atoms with Crippen LogP contribution >= 0.6 is 0 Å². The van der Waals surface area contributed by atoms with Crippen molar-refractivity contribution in [2.45, 2.75) is 46.1 Å². The smallest absolute Gasteiger partial charge is 0.129 e. The van der Waals surface area contributed by atoms with Gasteiger partial charge in [0.1, 0.15) is 12.1 Å². The molecule has 2 rings (SSSR count). The van der Waals surface area contributed by atoms with Gasteiger partial charge in [0.2, 0.25) is 0 Å². The van der Waals surface area contributed by atoms with Gasteiger partial charge >= 0.3 is 0 Å². The molecule has 0 aromatic carbocycles. The molecule has 0 aliphatic heterocycles. The zero-order valence-corrected chi connectivity index (χ0v) is 9.75. The van der Waals surface area contributed by atoms with E-state index in [-0.39, 0.29) is 0 Å². The first-order valence-corrected chi connectivity index (χ1v) is 5.60. The van der Waals surface area contributed by atoms with Gasteiger partial charge in [-0.05, 0) is 31.6 Å². The number of aromatic nitrogens is 2. The Balaban J connectivity index is 1.99. The van der Waals surface area contributed by atoms with Gasteiger partial charge in [-0.3, -0.25) is 0 Å². The Morgan fingerprint density at radius 1 is 1.40 bits per heavy atom. The van der Waals surface area contributed by atoms with E-state index in [0.717, 1.165) is 11.5 Å². The van der Waals surface area contributed by atoms with E-state index in [1.807, 2.05) is 13.0 Å². The van der Waals surface area contributed by atoms with Crippen LogP contribution in [0.4, 0.5) is 5.82 Å². The van der Waals surface area contributed by atoms with E-state index in [0.29, 0.717) is 11.5 Å². The Labute approximate surface area is 91.3 Å². The second-order valence-corrected chi connectivity index (χ2v) is 5.29. The first kappa shape index (κ1) is 10.4. The lowest BCUT2D eigenvalue weighted by Gasteiger charge is -2.18. The zero-order chi connectivity index (χ0) is 10.9. The van der Waals surface area contributed by atoms with Gasteiger partial charge in [-0.25, -0.2) is 9.97 Å². The Kier molecular flexibility index (Phi) is 2.63. The monoisotopic (exact) mass is 205 g/mol. The number of aryl methyl sites for hydroxylation is 1. The van der Waals surface area contributed by atoms with Crippen molar-refractivity contribution in [3.8, 4) is 0 Å². The summed E-state index contributed by atoms with van der Waals surface area (Å²) in [6, 6.07) is 2.58. The fourth-order valence-corrected chi connectivity index (χ4v) is 2.30. The molecule has 1 aromatic rings. The molecule has 1 N–H and O–H groups in total. The van der Waals surface area contributed by atoms with Crippen LogP contribution in [0, 0.1) is 12.3 Å². The molecule has 0 radical (unpaired) electrons. The normalized spacial score (nSPS) is 24.1. The van der Waals surface area contributed by atoms with Gasteiger partial charge in [0.15, 0.2) is 0 Å². The average molecular weight is 205 g/mol. The van der Waals surface area contributed by atoms with Crippen molar-refractivity contribution >= 4 is 5.82 Å². The molecule has 0 bridgehead atoms. The predicted molar refractivity (Wildman–Crippen MR) is 61.8 cm³/mol. The van der Waals surface area contributed by atoms with Gasteiger partial charge in [0, 0.05) is 17.8 Å². The van der Waals surface area contributed by atoms with Gasteiger partial charge in [-0.1, -0.05) is 13.8 Å². The highest BCUT2D eigenvalue weighted by atomic mass is 15.0. The number of anilines is 1. The fraction of sp³-hybridized carbons (Fsp3) is 0.667. The van der Waals surface area contributed by atoms with E-state index >= 15 is 0 Å². The Bertz CT molecular complexity index is 346. The summed E-state index contributed by atoms with van der Waals surface area (Å²) in [5, 5.41) is 3.49. The van der Waals surface area contributed by atoms with E-state index in [1.54, 1.807) is 6.33 Å². The molecule has 3 heteroatoms. The zero-order valence-electron chi connectivity index (χ0n) is 9.75. The number of rotatable bonds is 2. The number of nitrogens with zero attached hydrogens (tertiary/aromatic N) is 2. The van der Waals surface area contributed by atoms with E-state index in [4.69, 9.17) is 0 Å². The molecule has 1 saturated carbocycles. The minimum atomic E-state index is 0.486. The van der Waals surface area contributed by atoms with E-state index < -0.39 is 0 Å². The van der Waals surface area contributed by atoms with Gasteiger partial charge in [0.25, 0.3) is 0 Å². The molecule has 82 valence electrons. The Hall–Kier alpha value is -1.12. The van der Waals surface area contributed by atoms with Crippen molar-refractivity contribution in [3.05, 3.63) is 18.1 Å². The third-order valence-electron chi connectivity index (χ3n) is 3.12. The van der Waals surface area contributed by atoms with E-state index in [1.165, 1.54) is 19.3 Å². The summed E-state index contributed by atoms with van der Waals surface area (Å²) in [5.74, 6) is 0.963. The lowest BCUT2D eigenvalue weighted by molar-refractivity contribution is 0.378. The molecule has 1 aliphatic rings. The summed E-state index contributed by atoms with van der Waals surface area (Å²) in [5.41, 5.74) is 1.50. The largest absolute Gasteiger partial charge is 0.367 e. The van der Waals surface area contributed by atoms with Crippen molar-refractivity contribution in [1.82, 2.24) is 9.97 Å². The number of nitrogens with one attached hydrogen (secondary N) is 1. The van der Waals surface area contributed by atoms with Crippen LogP contribution in [0.25, 0.3) is 0 Å². The summed E-state index contributed by atoms with van der Waals surface area (Å²) in [6.45, 7) is 6.66. The van der Waals surface area contributed by atoms with Crippen molar-refractivity contribution in [2.24, 2.45) is 5.41 Å². The number of hydrogen-bond donors (Lipinski definition) is 1. The molecule has 0 spiro atoms. The molecule has 1 aliphatic carbocycles.